The van der Waals surface area contributed by atoms with Crippen LogP contribution in [0.5, 0.6) is 5.88 Å². The van der Waals surface area contributed by atoms with E-state index in [2.05, 4.69) is 23.2 Å². The predicted octanol–water partition coefficient (Wildman–Crippen LogP) is 2.86. The lowest BCUT2D eigenvalue weighted by Gasteiger charge is -2.41. The maximum Gasteiger partial charge on any atom is 0.194 e. The van der Waals surface area contributed by atoms with E-state index >= 15 is 0 Å². The number of hydrogen-bond acceptors (Lipinski definition) is 8. The second-order valence-corrected chi connectivity index (χ2v) is 10.2. The van der Waals surface area contributed by atoms with Gasteiger partial charge in [0.15, 0.2) is 17.6 Å². The molecule has 9 nitrogen and oxygen atoms in total. The molecule has 2 heterocycles. The smallest absolute Gasteiger partial charge is 0.194 e. The maximum atomic E-state index is 12.1. The number of nitrogens with one attached hydrogen (secondary N) is 1. The lowest BCUT2D eigenvalue weighted by Crippen LogP contribution is -2.60. The Balaban J connectivity index is 2.06. The normalized spacial score (nSPS) is 26.6. The minimum absolute atomic E-state index is 0.0524. The summed E-state index contributed by atoms with van der Waals surface area (Å²) in [6.07, 6.45) is 4.42. The molecule has 1 aliphatic heterocycles. The van der Waals surface area contributed by atoms with Crippen molar-refractivity contribution in [2.75, 3.05) is 13.7 Å². The summed E-state index contributed by atoms with van der Waals surface area (Å²) in [5.41, 5.74) is 4.55. The zero-order valence-corrected chi connectivity index (χ0v) is 24.0. The minimum Gasteiger partial charge on any atom is -0.482 e. The largest absolute Gasteiger partial charge is 0.482 e. The van der Waals surface area contributed by atoms with Crippen molar-refractivity contribution in [3.05, 3.63) is 74.6 Å². The maximum absolute atomic E-state index is 12.1. The van der Waals surface area contributed by atoms with E-state index in [9.17, 15) is 25.2 Å². The molecule has 1 fully saturated rings. The van der Waals surface area contributed by atoms with Crippen LogP contribution in [0.4, 0.5) is 0 Å². The number of aliphatic hydroxyl groups excluding tert-OH is 4. The molecule has 1 aromatic rings. The third kappa shape index (κ3) is 8.99. The Kier molecular flexibility index (Phi) is 12.8. The molecule has 0 amide bonds. The Labute approximate surface area is 231 Å². The predicted molar refractivity (Wildman–Crippen MR) is 151 cm³/mol. The number of rotatable bonds is 12. The summed E-state index contributed by atoms with van der Waals surface area (Å²) in [6, 6.07) is 1.45. The summed E-state index contributed by atoms with van der Waals surface area (Å²) in [5, 5.41) is 40.1. The van der Waals surface area contributed by atoms with Gasteiger partial charge in [-0.05, 0) is 46.6 Å². The standard InChI is InChI=1S/C30H45NO8/c1-8-19(4)29(39-30-28(36)27(35)26(34)24(16-32)38-30)20(5)14-18(3)11-9-10-17(2)12-13-22-21(6)23(33)15-25(31-22)37-7/h8-9,11-12,14-15,20,24,26-30,32,34-36H,10,13,16H2,1-7H3,(H,31,33)/b11-9+,17-12+,18-14+,19-8+/t20-,24?,26?,27?,28?,29+,30?/m1/s1. The molecule has 7 atom stereocenters. The number of methoxy groups -OCH3 is 1. The van der Waals surface area contributed by atoms with Crippen LogP contribution in [0.15, 0.2) is 58.0 Å². The molecule has 2 rings (SSSR count). The monoisotopic (exact) mass is 547 g/mol. The first kappa shape index (κ1) is 32.7. The van der Waals surface area contributed by atoms with E-state index in [1.165, 1.54) is 13.2 Å². The van der Waals surface area contributed by atoms with Gasteiger partial charge in [-0.2, -0.15) is 0 Å². The molecule has 0 bridgehead atoms. The first-order valence-electron chi connectivity index (χ1n) is 13.3. The van der Waals surface area contributed by atoms with Gasteiger partial charge in [0, 0.05) is 29.7 Å². The summed E-state index contributed by atoms with van der Waals surface area (Å²) in [6.45, 7) is 11.1. The fourth-order valence-electron chi connectivity index (χ4n) is 4.45. The zero-order valence-electron chi connectivity index (χ0n) is 24.0. The fraction of sp³-hybridized carbons (Fsp3) is 0.567. The molecular weight excluding hydrogens is 502 g/mol. The summed E-state index contributed by atoms with van der Waals surface area (Å²) >= 11 is 0. The van der Waals surface area contributed by atoms with Crippen molar-refractivity contribution in [2.24, 2.45) is 5.92 Å². The van der Waals surface area contributed by atoms with Crippen molar-refractivity contribution in [2.45, 2.75) is 91.2 Å². The average Bonchev–Trinajstić information content (AvgIpc) is 2.91. The van der Waals surface area contributed by atoms with Crippen LogP contribution in [-0.4, -0.2) is 75.9 Å². The fourth-order valence-corrected chi connectivity index (χ4v) is 4.45. The highest BCUT2D eigenvalue weighted by Crippen LogP contribution is 2.28. The van der Waals surface area contributed by atoms with Crippen LogP contribution >= 0.6 is 0 Å². The summed E-state index contributed by atoms with van der Waals surface area (Å²) in [5.74, 6) is 0.339. The van der Waals surface area contributed by atoms with E-state index in [4.69, 9.17) is 14.2 Å². The quantitative estimate of drug-likeness (QED) is 0.199. The van der Waals surface area contributed by atoms with Crippen LogP contribution in [-0.2, 0) is 15.9 Å². The number of aromatic nitrogens is 1. The second-order valence-electron chi connectivity index (χ2n) is 10.2. The highest BCUT2D eigenvalue weighted by Gasteiger charge is 2.45. The van der Waals surface area contributed by atoms with Crippen molar-refractivity contribution in [1.82, 2.24) is 4.98 Å². The van der Waals surface area contributed by atoms with Gasteiger partial charge in [0.2, 0.25) is 0 Å². The molecule has 218 valence electrons. The molecular formula is C30H45NO8. The number of ether oxygens (including phenoxy) is 3. The summed E-state index contributed by atoms with van der Waals surface area (Å²) < 4.78 is 16.8. The van der Waals surface area contributed by atoms with E-state index in [0.29, 0.717) is 17.9 Å². The van der Waals surface area contributed by atoms with Crippen molar-refractivity contribution in [3.8, 4) is 5.88 Å². The van der Waals surface area contributed by atoms with Crippen molar-refractivity contribution < 1.29 is 34.6 Å². The van der Waals surface area contributed by atoms with Crippen LogP contribution in [0.3, 0.4) is 0 Å². The minimum atomic E-state index is -1.49. The molecule has 1 saturated heterocycles. The number of hydrogen-bond donors (Lipinski definition) is 5. The van der Waals surface area contributed by atoms with Crippen LogP contribution in [0.1, 0.15) is 52.3 Å². The molecule has 0 aliphatic carbocycles. The lowest BCUT2D eigenvalue weighted by molar-refractivity contribution is -0.310. The molecule has 0 aromatic carbocycles. The SMILES string of the molecule is C/C=C(\C)[C@H](OC1OC(CO)C(O)C(O)C1O)[C@H](C)/C=C(C)/C=C/C/C(C)=C/Cc1[nH]c(OC)cc(=O)c1C. The Morgan fingerprint density at radius 2 is 1.87 bits per heavy atom. The van der Waals surface area contributed by atoms with E-state index in [1.807, 2.05) is 46.8 Å². The Hall–Kier alpha value is -2.53. The number of H-pyrrole nitrogens is 1. The van der Waals surface area contributed by atoms with Crippen LogP contribution < -0.4 is 10.2 Å². The molecule has 39 heavy (non-hydrogen) atoms. The Bertz CT molecular complexity index is 1120. The summed E-state index contributed by atoms with van der Waals surface area (Å²) in [7, 11) is 1.52. The van der Waals surface area contributed by atoms with E-state index in [-0.39, 0.29) is 11.3 Å². The molecule has 1 aliphatic rings. The van der Waals surface area contributed by atoms with Crippen molar-refractivity contribution >= 4 is 0 Å². The highest BCUT2D eigenvalue weighted by atomic mass is 16.7. The number of aliphatic hydroxyl groups is 4. The third-order valence-electron chi connectivity index (χ3n) is 7.09. The second kappa shape index (κ2) is 15.3. The van der Waals surface area contributed by atoms with Gasteiger partial charge < -0.3 is 39.6 Å². The molecule has 9 heteroatoms. The van der Waals surface area contributed by atoms with Gasteiger partial charge >= 0.3 is 0 Å². The summed E-state index contributed by atoms with van der Waals surface area (Å²) in [4.78, 5) is 15.2. The molecule has 0 saturated carbocycles. The van der Waals surface area contributed by atoms with Crippen LogP contribution in [0.25, 0.3) is 0 Å². The van der Waals surface area contributed by atoms with E-state index in [1.54, 1.807) is 6.92 Å². The lowest BCUT2D eigenvalue weighted by atomic mass is 9.94. The Morgan fingerprint density at radius 1 is 1.18 bits per heavy atom. The van der Waals surface area contributed by atoms with Gasteiger partial charge in [-0.25, -0.2) is 0 Å². The molecule has 0 spiro atoms. The van der Waals surface area contributed by atoms with Gasteiger partial charge in [0.25, 0.3) is 0 Å². The Morgan fingerprint density at radius 3 is 2.49 bits per heavy atom. The first-order valence-corrected chi connectivity index (χ1v) is 13.3. The topological polar surface area (TPSA) is 141 Å². The number of aromatic amines is 1. The van der Waals surface area contributed by atoms with Gasteiger partial charge in [-0.1, -0.05) is 48.5 Å². The van der Waals surface area contributed by atoms with Crippen LogP contribution in [0, 0.1) is 12.8 Å². The molecule has 5 unspecified atom stereocenters. The van der Waals surface area contributed by atoms with Gasteiger partial charge in [0.1, 0.15) is 24.4 Å². The van der Waals surface area contributed by atoms with Gasteiger partial charge in [-0.15, -0.1) is 0 Å². The zero-order chi connectivity index (χ0) is 29.3. The molecule has 1 aromatic heterocycles. The van der Waals surface area contributed by atoms with Gasteiger partial charge in [-0.3, -0.25) is 4.79 Å². The van der Waals surface area contributed by atoms with Crippen molar-refractivity contribution in [3.63, 3.8) is 0 Å². The van der Waals surface area contributed by atoms with E-state index < -0.39 is 43.4 Å². The van der Waals surface area contributed by atoms with Crippen LogP contribution in [0.2, 0.25) is 0 Å². The van der Waals surface area contributed by atoms with Gasteiger partial charge in [0.05, 0.1) is 19.8 Å². The third-order valence-corrected chi connectivity index (χ3v) is 7.09. The molecule has 5 N–H and O–H groups in total. The first-order chi connectivity index (χ1) is 18.4. The average molecular weight is 548 g/mol. The van der Waals surface area contributed by atoms with Crippen molar-refractivity contribution in [1.29, 1.82) is 0 Å². The number of allylic oxidation sites excluding steroid dienone is 6. The van der Waals surface area contributed by atoms with E-state index in [0.717, 1.165) is 28.8 Å². The highest BCUT2D eigenvalue weighted by molar-refractivity contribution is 5.27. The number of pyridine rings is 1. The molecule has 0 radical (unpaired) electrons.